The highest BCUT2D eigenvalue weighted by molar-refractivity contribution is 7.07. The van der Waals surface area contributed by atoms with Crippen LogP contribution in [0.2, 0.25) is 0 Å². The Morgan fingerprint density at radius 2 is 2.15 bits per heavy atom. The SMILES string of the molecule is C=CCNC(=O)CN1CCN(C(=O)c2cscn2)CC1. The standard InChI is InChI=1S/C13H18N4O2S/c1-2-3-14-12(18)8-16-4-6-17(7-5-16)13(19)11-9-20-10-15-11/h2,9-10H,1,3-8H2,(H,14,18). The number of hydrogen-bond donors (Lipinski definition) is 1. The average molecular weight is 294 g/mol. The van der Waals surface area contributed by atoms with Gasteiger partial charge in [-0.3, -0.25) is 14.5 Å². The van der Waals surface area contributed by atoms with E-state index in [9.17, 15) is 9.59 Å². The Morgan fingerprint density at radius 1 is 1.40 bits per heavy atom. The van der Waals surface area contributed by atoms with Gasteiger partial charge in [-0.2, -0.15) is 0 Å². The number of nitrogens with one attached hydrogen (secondary N) is 1. The van der Waals surface area contributed by atoms with Crippen LogP contribution in [-0.2, 0) is 4.79 Å². The van der Waals surface area contributed by atoms with Crippen molar-refractivity contribution in [2.75, 3.05) is 39.3 Å². The van der Waals surface area contributed by atoms with E-state index in [-0.39, 0.29) is 11.8 Å². The molecule has 108 valence electrons. The van der Waals surface area contributed by atoms with Crippen LogP contribution in [0.4, 0.5) is 0 Å². The summed E-state index contributed by atoms with van der Waals surface area (Å²) in [4.78, 5) is 31.5. The van der Waals surface area contributed by atoms with Crippen molar-refractivity contribution in [3.63, 3.8) is 0 Å². The van der Waals surface area contributed by atoms with E-state index >= 15 is 0 Å². The van der Waals surface area contributed by atoms with Crippen LogP contribution in [0.5, 0.6) is 0 Å². The maximum absolute atomic E-state index is 12.1. The van der Waals surface area contributed by atoms with Gasteiger partial charge in [0.2, 0.25) is 5.91 Å². The Kier molecular flexibility index (Phi) is 5.25. The molecule has 1 N–H and O–H groups in total. The van der Waals surface area contributed by atoms with Crippen molar-refractivity contribution in [3.8, 4) is 0 Å². The molecule has 1 saturated heterocycles. The molecule has 1 fully saturated rings. The van der Waals surface area contributed by atoms with Crippen LogP contribution in [0.15, 0.2) is 23.5 Å². The summed E-state index contributed by atoms with van der Waals surface area (Å²) in [6, 6.07) is 0. The first-order chi connectivity index (χ1) is 9.70. The fraction of sp³-hybridized carbons (Fsp3) is 0.462. The lowest BCUT2D eigenvalue weighted by molar-refractivity contribution is -0.122. The zero-order valence-corrected chi connectivity index (χ0v) is 12.1. The summed E-state index contributed by atoms with van der Waals surface area (Å²) in [6.07, 6.45) is 1.66. The molecule has 1 aliphatic heterocycles. The van der Waals surface area contributed by atoms with Crippen molar-refractivity contribution < 1.29 is 9.59 Å². The lowest BCUT2D eigenvalue weighted by atomic mass is 10.3. The molecule has 7 heteroatoms. The number of thiazole rings is 1. The molecule has 0 radical (unpaired) electrons. The first kappa shape index (κ1) is 14.7. The van der Waals surface area contributed by atoms with Gasteiger partial charge < -0.3 is 10.2 Å². The summed E-state index contributed by atoms with van der Waals surface area (Å²) in [7, 11) is 0. The molecule has 0 saturated carbocycles. The average Bonchev–Trinajstić information content (AvgIpc) is 2.99. The van der Waals surface area contributed by atoms with E-state index in [1.807, 2.05) is 4.90 Å². The summed E-state index contributed by atoms with van der Waals surface area (Å²) in [5, 5.41) is 4.51. The normalized spacial score (nSPS) is 15.9. The van der Waals surface area contributed by atoms with Crippen LogP contribution in [-0.4, -0.2) is 65.9 Å². The van der Waals surface area contributed by atoms with Gasteiger partial charge in [0, 0.05) is 38.1 Å². The number of aromatic nitrogens is 1. The summed E-state index contributed by atoms with van der Waals surface area (Å²) in [6.45, 7) is 7.08. The summed E-state index contributed by atoms with van der Waals surface area (Å²) < 4.78 is 0. The number of rotatable bonds is 5. The zero-order valence-electron chi connectivity index (χ0n) is 11.2. The second kappa shape index (κ2) is 7.16. The van der Waals surface area contributed by atoms with E-state index in [0.717, 1.165) is 0 Å². The van der Waals surface area contributed by atoms with Crippen molar-refractivity contribution in [1.29, 1.82) is 0 Å². The maximum atomic E-state index is 12.1. The molecule has 1 aliphatic rings. The summed E-state index contributed by atoms with van der Waals surface area (Å²) in [5.41, 5.74) is 2.17. The largest absolute Gasteiger partial charge is 0.352 e. The second-order valence-corrected chi connectivity index (χ2v) is 5.25. The van der Waals surface area contributed by atoms with E-state index in [1.165, 1.54) is 11.3 Å². The molecule has 1 aromatic rings. The van der Waals surface area contributed by atoms with Crippen molar-refractivity contribution >= 4 is 23.2 Å². The van der Waals surface area contributed by atoms with E-state index in [2.05, 4.69) is 16.9 Å². The maximum Gasteiger partial charge on any atom is 0.273 e. The van der Waals surface area contributed by atoms with Crippen LogP contribution in [0.3, 0.4) is 0 Å². The molecule has 1 aromatic heterocycles. The Bertz CT molecular complexity index is 467. The van der Waals surface area contributed by atoms with Gasteiger partial charge in [0.05, 0.1) is 12.1 Å². The van der Waals surface area contributed by atoms with Gasteiger partial charge in [0.25, 0.3) is 5.91 Å². The smallest absolute Gasteiger partial charge is 0.273 e. The summed E-state index contributed by atoms with van der Waals surface area (Å²) >= 11 is 1.42. The molecule has 0 unspecified atom stereocenters. The molecule has 2 heterocycles. The minimum atomic E-state index is -0.0259. The molecule has 0 spiro atoms. The monoisotopic (exact) mass is 294 g/mol. The third-order valence-corrected chi connectivity index (χ3v) is 3.71. The topological polar surface area (TPSA) is 65.5 Å². The molecule has 2 rings (SSSR count). The molecule has 0 aromatic carbocycles. The highest BCUT2D eigenvalue weighted by Gasteiger charge is 2.23. The Balaban J connectivity index is 1.76. The van der Waals surface area contributed by atoms with Crippen LogP contribution in [0.1, 0.15) is 10.5 Å². The van der Waals surface area contributed by atoms with Crippen molar-refractivity contribution in [2.24, 2.45) is 0 Å². The van der Waals surface area contributed by atoms with E-state index in [4.69, 9.17) is 0 Å². The van der Waals surface area contributed by atoms with Gasteiger partial charge >= 0.3 is 0 Å². The zero-order chi connectivity index (χ0) is 14.4. The van der Waals surface area contributed by atoms with Crippen molar-refractivity contribution in [3.05, 3.63) is 29.2 Å². The van der Waals surface area contributed by atoms with Crippen LogP contribution >= 0.6 is 11.3 Å². The number of nitrogens with zero attached hydrogens (tertiary/aromatic N) is 3. The minimum Gasteiger partial charge on any atom is -0.352 e. The number of carbonyl (C=O) groups is 2. The van der Waals surface area contributed by atoms with Gasteiger partial charge in [0.15, 0.2) is 0 Å². The van der Waals surface area contributed by atoms with Gasteiger partial charge in [-0.15, -0.1) is 17.9 Å². The third kappa shape index (κ3) is 3.88. The molecular weight excluding hydrogens is 276 g/mol. The molecule has 0 bridgehead atoms. The Morgan fingerprint density at radius 3 is 2.75 bits per heavy atom. The predicted molar refractivity (Wildman–Crippen MR) is 77.7 cm³/mol. The molecule has 6 nitrogen and oxygen atoms in total. The molecule has 0 aliphatic carbocycles. The number of piperazine rings is 1. The van der Waals surface area contributed by atoms with Gasteiger partial charge in [-0.05, 0) is 0 Å². The first-order valence-electron chi connectivity index (χ1n) is 6.48. The van der Waals surface area contributed by atoms with Crippen LogP contribution < -0.4 is 5.32 Å². The summed E-state index contributed by atoms with van der Waals surface area (Å²) in [5.74, 6) is -0.0359. The van der Waals surface area contributed by atoms with Gasteiger partial charge in [-0.1, -0.05) is 6.08 Å². The molecule has 20 heavy (non-hydrogen) atoms. The predicted octanol–water partition coefficient (Wildman–Crippen LogP) is 0.203. The van der Waals surface area contributed by atoms with E-state index < -0.39 is 0 Å². The molecule has 2 amide bonds. The first-order valence-corrected chi connectivity index (χ1v) is 7.42. The highest BCUT2D eigenvalue weighted by atomic mass is 32.1. The Hall–Kier alpha value is -1.73. The highest BCUT2D eigenvalue weighted by Crippen LogP contribution is 2.09. The lowest BCUT2D eigenvalue weighted by Gasteiger charge is -2.33. The van der Waals surface area contributed by atoms with Crippen LogP contribution in [0, 0.1) is 0 Å². The van der Waals surface area contributed by atoms with Crippen molar-refractivity contribution in [1.82, 2.24) is 20.1 Å². The van der Waals surface area contributed by atoms with Gasteiger partial charge in [-0.25, -0.2) is 4.98 Å². The number of hydrogen-bond acceptors (Lipinski definition) is 5. The second-order valence-electron chi connectivity index (χ2n) is 4.53. The number of carbonyl (C=O) groups excluding carboxylic acids is 2. The lowest BCUT2D eigenvalue weighted by Crippen LogP contribution is -2.51. The molecule has 0 atom stereocenters. The fourth-order valence-electron chi connectivity index (χ4n) is 2.03. The minimum absolute atomic E-state index is 0.0100. The quantitative estimate of drug-likeness (QED) is 0.788. The Labute approximate surface area is 122 Å². The molecular formula is C13H18N4O2S. The fourth-order valence-corrected chi connectivity index (χ4v) is 2.56. The third-order valence-electron chi connectivity index (χ3n) is 3.12. The van der Waals surface area contributed by atoms with Gasteiger partial charge in [0.1, 0.15) is 5.69 Å². The van der Waals surface area contributed by atoms with Crippen molar-refractivity contribution in [2.45, 2.75) is 0 Å². The van der Waals surface area contributed by atoms with E-state index in [0.29, 0.717) is 45.0 Å². The van der Waals surface area contributed by atoms with Crippen LogP contribution in [0.25, 0.3) is 0 Å². The number of amides is 2. The van der Waals surface area contributed by atoms with E-state index in [1.54, 1.807) is 21.9 Å².